The van der Waals surface area contributed by atoms with Crippen LogP contribution in [0.3, 0.4) is 0 Å². The zero-order valence-electron chi connectivity index (χ0n) is 22.1. The van der Waals surface area contributed by atoms with Crippen molar-refractivity contribution in [2.75, 3.05) is 11.7 Å². The van der Waals surface area contributed by atoms with Crippen LogP contribution in [0.15, 0.2) is 66.7 Å². The van der Waals surface area contributed by atoms with E-state index in [4.69, 9.17) is 9.47 Å². The second kappa shape index (κ2) is 11.0. The van der Waals surface area contributed by atoms with E-state index in [2.05, 4.69) is 15.5 Å². The molecular weight excluding hydrogens is 513 g/mol. The molecule has 0 spiro atoms. The van der Waals surface area contributed by atoms with Crippen LogP contribution >= 0.6 is 0 Å². The number of fused-ring (bicyclic) bond motifs is 2. The van der Waals surface area contributed by atoms with Crippen LogP contribution in [0.2, 0.25) is 0 Å². The minimum atomic E-state index is -1.08. The Morgan fingerprint density at radius 2 is 1.62 bits per heavy atom. The topological polar surface area (TPSA) is 98.6 Å². The van der Waals surface area contributed by atoms with Gasteiger partial charge < -0.3 is 14.8 Å². The van der Waals surface area contributed by atoms with Gasteiger partial charge in [0.25, 0.3) is 5.91 Å². The molecule has 1 aromatic heterocycles. The molecule has 0 bridgehead atoms. The van der Waals surface area contributed by atoms with Crippen molar-refractivity contribution in [1.29, 1.82) is 0 Å². The molecular formula is C30H30FN5O4. The van der Waals surface area contributed by atoms with Crippen molar-refractivity contribution in [3.63, 3.8) is 0 Å². The summed E-state index contributed by atoms with van der Waals surface area (Å²) >= 11 is 0. The predicted molar refractivity (Wildman–Crippen MR) is 146 cm³/mol. The average molecular weight is 544 g/mol. The zero-order chi connectivity index (χ0) is 27.6. The molecule has 0 radical (unpaired) electrons. The number of aromatic nitrogens is 3. The van der Waals surface area contributed by atoms with Gasteiger partial charge >= 0.3 is 0 Å². The lowest BCUT2D eigenvalue weighted by molar-refractivity contribution is -0.128. The average Bonchev–Trinajstić information content (AvgIpc) is 3.63. The zero-order valence-corrected chi connectivity index (χ0v) is 22.1. The highest BCUT2D eigenvalue weighted by atomic mass is 19.1. The Hall–Kier alpha value is -4.47. The van der Waals surface area contributed by atoms with Crippen molar-refractivity contribution in [3.05, 3.63) is 78.1 Å². The van der Waals surface area contributed by atoms with Gasteiger partial charge in [-0.15, -0.1) is 0 Å². The van der Waals surface area contributed by atoms with Crippen LogP contribution in [0.4, 0.5) is 10.1 Å². The molecule has 1 aliphatic heterocycles. The molecule has 0 unspecified atom stereocenters. The normalized spacial score (nSPS) is 16.4. The maximum absolute atomic E-state index is 14.4. The molecule has 2 atom stereocenters. The lowest BCUT2D eigenvalue weighted by Crippen LogP contribution is -2.49. The Morgan fingerprint density at radius 1 is 0.950 bits per heavy atom. The number of nitrogens with zero attached hydrogens (tertiary/aromatic N) is 4. The number of ether oxygens (including phenoxy) is 2. The number of carbonyl (C=O) groups excluding carboxylic acids is 2. The van der Waals surface area contributed by atoms with E-state index in [9.17, 15) is 14.0 Å². The molecule has 2 amide bonds. The number of carbonyl (C=O) groups is 2. The summed E-state index contributed by atoms with van der Waals surface area (Å²) in [5.41, 5.74) is 2.22. The van der Waals surface area contributed by atoms with E-state index in [0.29, 0.717) is 33.8 Å². The van der Waals surface area contributed by atoms with Crippen molar-refractivity contribution >= 4 is 28.5 Å². The van der Waals surface area contributed by atoms with Crippen molar-refractivity contribution in [2.24, 2.45) is 0 Å². The fraction of sp³-hybridized carbons (Fsp3) is 0.333. The van der Waals surface area contributed by atoms with Crippen LogP contribution in [-0.4, -0.2) is 39.6 Å². The van der Waals surface area contributed by atoms with Gasteiger partial charge in [0.1, 0.15) is 28.9 Å². The molecule has 206 valence electrons. The summed E-state index contributed by atoms with van der Waals surface area (Å²) in [7, 11) is 0. The van der Waals surface area contributed by atoms with Gasteiger partial charge in [-0.1, -0.05) is 43.5 Å². The lowest BCUT2D eigenvalue weighted by Gasteiger charge is -2.34. The SMILES string of the molecule is C[C@H](C(=O)N(c1ccc2c(c1)OCO2)[C@H](C(=O)NC1CCCCC1)c1ccc(F)cc1)n1nc2ccccc2n1. The molecule has 1 saturated carbocycles. The number of rotatable bonds is 7. The third kappa shape index (κ3) is 5.09. The summed E-state index contributed by atoms with van der Waals surface area (Å²) in [4.78, 5) is 31.3. The highest BCUT2D eigenvalue weighted by molar-refractivity contribution is 6.03. The summed E-state index contributed by atoms with van der Waals surface area (Å²) in [6.45, 7) is 1.76. The summed E-state index contributed by atoms with van der Waals surface area (Å²) < 4.78 is 25.1. The van der Waals surface area contributed by atoms with E-state index >= 15 is 0 Å². The molecule has 6 rings (SSSR count). The predicted octanol–water partition coefficient (Wildman–Crippen LogP) is 5.08. The van der Waals surface area contributed by atoms with Crippen molar-refractivity contribution in [3.8, 4) is 11.5 Å². The summed E-state index contributed by atoms with van der Waals surface area (Å²) in [5, 5.41) is 12.2. The number of anilines is 1. The number of amides is 2. The van der Waals surface area contributed by atoms with Crippen LogP contribution < -0.4 is 19.7 Å². The van der Waals surface area contributed by atoms with Crippen LogP contribution in [0.25, 0.3) is 11.0 Å². The maximum atomic E-state index is 14.4. The summed E-state index contributed by atoms with van der Waals surface area (Å²) in [5.74, 6) is -0.162. The molecule has 1 N–H and O–H groups in total. The number of hydrogen-bond acceptors (Lipinski definition) is 6. The number of nitrogens with one attached hydrogen (secondary N) is 1. The Bertz CT molecular complexity index is 1500. The number of halogens is 1. The Balaban J connectivity index is 1.44. The van der Waals surface area contributed by atoms with E-state index in [1.165, 1.54) is 21.8 Å². The number of benzene rings is 3. The van der Waals surface area contributed by atoms with Gasteiger partial charge in [0.05, 0.1) is 0 Å². The second-order valence-corrected chi connectivity index (χ2v) is 10.2. The first kappa shape index (κ1) is 25.8. The summed E-state index contributed by atoms with van der Waals surface area (Å²) in [6, 6.07) is 16.2. The minimum Gasteiger partial charge on any atom is -0.454 e. The van der Waals surface area contributed by atoms with E-state index in [1.54, 1.807) is 37.3 Å². The maximum Gasteiger partial charge on any atom is 0.254 e. The molecule has 10 heteroatoms. The van der Waals surface area contributed by atoms with Crippen LogP contribution in [-0.2, 0) is 9.59 Å². The van der Waals surface area contributed by atoms with Crippen molar-refractivity contribution < 1.29 is 23.5 Å². The Kier molecular flexibility index (Phi) is 7.06. The van der Waals surface area contributed by atoms with Gasteiger partial charge in [-0.05, 0) is 61.7 Å². The van der Waals surface area contributed by atoms with Crippen molar-refractivity contribution in [2.45, 2.75) is 57.2 Å². The monoisotopic (exact) mass is 543 g/mol. The fourth-order valence-corrected chi connectivity index (χ4v) is 5.38. The molecule has 40 heavy (non-hydrogen) atoms. The first-order valence-corrected chi connectivity index (χ1v) is 13.6. The molecule has 2 aliphatic rings. The van der Waals surface area contributed by atoms with E-state index in [0.717, 1.165) is 32.1 Å². The third-order valence-electron chi connectivity index (χ3n) is 7.52. The minimum absolute atomic E-state index is 0.00779. The molecule has 3 aromatic carbocycles. The van der Waals surface area contributed by atoms with E-state index < -0.39 is 23.8 Å². The molecule has 1 fully saturated rings. The largest absolute Gasteiger partial charge is 0.454 e. The molecule has 1 aliphatic carbocycles. The standard InChI is InChI=1S/C30H30FN5O4/c1-19(36-33-24-9-5-6-10-25(24)34-36)30(38)35(23-15-16-26-27(17-23)40-18-39-26)28(20-11-13-21(31)14-12-20)29(37)32-22-7-3-2-4-8-22/h5-6,9-17,19,22,28H,2-4,7-8,18H2,1H3,(H,32,37)/t19-,28+/m1/s1. The highest BCUT2D eigenvalue weighted by Gasteiger charge is 2.38. The van der Waals surface area contributed by atoms with Gasteiger partial charge in [-0.25, -0.2) is 4.39 Å². The van der Waals surface area contributed by atoms with Gasteiger partial charge in [-0.3, -0.25) is 14.5 Å². The second-order valence-electron chi connectivity index (χ2n) is 10.2. The summed E-state index contributed by atoms with van der Waals surface area (Å²) in [6.07, 6.45) is 4.96. The van der Waals surface area contributed by atoms with Crippen LogP contribution in [0, 0.1) is 5.82 Å². The first-order chi connectivity index (χ1) is 19.5. The molecule has 2 heterocycles. The van der Waals surface area contributed by atoms with Gasteiger partial charge in [0.2, 0.25) is 12.7 Å². The van der Waals surface area contributed by atoms with E-state index in [-0.39, 0.29) is 18.7 Å². The Labute approximate surface area is 230 Å². The van der Waals surface area contributed by atoms with Gasteiger partial charge in [0.15, 0.2) is 11.5 Å². The van der Waals surface area contributed by atoms with Crippen LogP contribution in [0.1, 0.15) is 56.7 Å². The van der Waals surface area contributed by atoms with E-state index in [1.807, 2.05) is 24.3 Å². The number of hydrogen-bond donors (Lipinski definition) is 1. The third-order valence-corrected chi connectivity index (χ3v) is 7.52. The van der Waals surface area contributed by atoms with Crippen molar-refractivity contribution in [1.82, 2.24) is 20.3 Å². The highest BCUT2D eigenvalue weighted by Crippen LogP contribution is 2.39. The quantitative estimate of drug-likeness (QED) is 0.349. The van der Waals surface area contributed by atoms with Gasteiger partial charge in [0, 0.05) is 17.8 Å². The molecule has 4 aromatic rings. The molecule has 0 saturated heterocycles. The van der Waals surface area contributed by atoms with Gasteiger partial charge in [-0.2, -0.15) is 15.0 Å². The molecule has 9 nitrogen and oxygen atoms in total. The Morgan fingerprint density at radius 3 is 2.33 bits per heavy atom. The fourth-order valence-electron chi connectivity index (χ4n) is 5.38. The first-order valence-electron chi connectivity index (χ1n) is 13.6. The lowest BCUT2D eigenvalue weighted by atomic mass is 9.94. The van der Waals surface area contributed by atoms with Crippen LogP contribution in [0.5, 0.6) is 11.5 Å². The smallest absolute Gasteiger partial charge is 0.254 e.